The van der Waals surface area contributed by atoms with Crippen molar-refractivity contribution in [2.24, 2.45) is 0 Å². The molecule has 2 N–H and O–H groups in total. The Balaban J connectivity index is 2.49. The lowest BCUT2D eigenvalue weighted by Gasteiger charge is -2.15. The van der Waals surface area contributed by atoms with E-state index in [-0.39, 0.29) is 18.0 Å². The van der Waals surface area contributed by atoms with Gasteiger partial charge in [-0.2, -0.15) is 0 Å². The summed E-state index contributed by atoms with van der Waals surface area (Å²) in [6.07, 6.45) is 0.390. The van der Waals surface area contributed by atoms with Crippen LogP contribution in [0.2, 0.25) is 0 Å². The molecule has 0 amide bonds. The van der Waals surface area contributed by atoms with E-state index in [0.717, 1.165) is 12.0 Å². The molecule has 1 aromatic rings. The molecule has 2 nitrogen and oxygen atoms in total. The normalized spacial score (nSPS) is 14.8. The number of benzene rings is 1. The van der Waals surface area contributed by atoms with Gasteiger partial charge in [-0.05, 0) is 53.9 Å². The Morgan fingerprint density at radius 3 is 2.69 bits per heavy atom. The van der Waals surface area contributed by atoms with Gasteiger partial charge in [0, 0.05) is 12.6 Å². The fourth-order valence-electron chi connectivity index (χ4n) is 1.46. The maximum Gasteiger partial charge on any atom is 0.137 e. The molecule has 0 saturated carbocycles. The highest BCUT2D eigenvalue weighted by atomic mass is 79.9. The fourth-order valence-corrected chi connectivity index (χ4v) is 1.71. The third-order valence-electron chi connectivity index (χ3n) is 2.29. The summed E-state index contributed by atoms with van der Waals surface area (Å²) in [6.45, 7) is 4.31. The maximum atomic E-state index is 13.2. The van der Waals surface area contributed by atoms with Gasteiger partial charge in [-0.3, -0.25) is 0 Å². The summed E-state index contributed by atoms with van der Waals surface area (Å²) in [6, 6.07) is 5.36. The van der Waals surface area contributed by atoms with Crippen LogP contribution in [-0.4, -0.2) is 23.8 Å². The zero-order valence-electron chi connectivity index (χ0n) is 9.50. The molecule has 2 atom stereocenters. The second-order valence-corrected chi connectivity index (χ2v) is 4.97. The molecule has 90 valence electrons. The van der Waals surface area contributed by atoms with Gasteiger partial charge in [0.25, 0.3) is 0 Å². The van der Waals surface area contributed by atoms with Crippen molar-refractivity contribution in [3.63, 3.8) is 0 Å². The van der Waals surface area contributed by atoms with E-state index in [0.29, 0.717) is 11.0 Å². The molecule has 0 saturated heterocycles. The van der Waals surface area contributed by atoms with E-state index < -0.39 is 0 Å². The SMILES string of the molecule is CC(O)CNC(C)Cc1ccc(Br)c(F)c1. The van der Waals surface area contributed by atoms with Gasteiger partial charge < -0.3 is 10.4 Å². The molecule has 4 heteroatoms. The zero-order chi connectivity index (χ0) is 12.1. The predicted octanol–water partition coefficient (Wildman–Crippen LogP) is 2.49. The van der Waals surface area contributed by atoms with Gasteiger partial charge in [0.15, 0.2) is 0 Å². The molecule has 0 heterocycles. The Morgan fingerprint density at radius 2 is 2.12 bits per heavy atom. The van der Waals surface area contributed by atoms with Crippen LogP contribution in [0.3, 0.4) is 0 Å². The summed E-state index contributed by atoms with van der Waals surface area (Å²) < 4.78 is 13.7. The van der Waals surface area contributed by atoms with Gasteiger partial charge in [0.05, 0.1) is 10.6 Å². The monoisotopic (exact) mass is 289 g/mol. The molecule has 1 rings (SSSR count). The highest BCUT2D eigenvalue weighted by Crippen LogP contribution is 2.17. The first-order valence-electron chi connectivity index (χ1n) is 5.34. The summed E-state index contributed by atoms with van der Waals surface area (Å²) in [7, 11) is 0. The van der Waals surface area contributed by atoms with Gasteiger partial charge >= 0.3 is 0 Å². The molecule has 0 aromatic heterocycles. The number of hydrogen-bond donors (Lipinski definition) is 2. The van der Waals surface area contributed by atoms with Crippen molar-refractivity contribution in [2.75, 3.05) is 6.54 Å². The molecule has 2 unspecified atom stereocenters. The lowest BCUT2D eigenvalue weighted by atomic mass is 10.1. The van der Waals surface area contributed by atoms with Gasteiger partial charge in [-0.1, -0.05) is 6.07 Å². The van der Waals surface area contributed by atoms with E-state index >= 15 is 0 Å². The van der Waals surface area contributed by atoms with Gasteiger partial charge in [-0.15, -0.1) is 0 Å². The average molecular weight is 290 g/mol. The minimum atomic E-state index is -0.357. The van der Waals surface area contributed by atoms with Crippen LogP contribution in [0.5, 0.6) is 0 Å². The first-order chi connectivity index (χ1) is 7.49. The van der Waals surface area contributed by atoms with Crippen LogP contribution >= 0.6 is 15.9 Å². The highest BCUT2D eigenvalue weighted by molar-refractivity contribution is 9.10. The molecule has 0 spiro atoms. The fraction of sp³-hybridized carbons (Fsp3) is 0.500. The second-order valence-electron chi connectivity index (χ2n) is 4.11. The molecule has 1 aromatic carbocycles. The topological polar surface area (TPSA) is 32.3 Å². The minimum Gasteiger partial charge on any atom is -0.392 e. The smallest absolute Gasteiger partial charge is 0.137 e. The standard InChI is InChI=1S/C12H17BrFNO/c1-8(15-7-9(2)16)5-10-3-4-11(13)12(14)6-10/h3-4,6,8-9,15-16H,5,7H2,1-2H3. The summed E-state index contributed by atoms with van der Waals surface area (Å²) in [5, 5.41) is 12.3. The van der Waals surface area contributed by atoms with Crippen molar-refractivity contribution >= 4 is 15.9 Å². The third-order valence-corrected chi connectivity index (χ3v) is 2.93. The molecular formula is C12H17BrFNO. The lowest BCUT2D eigenvalue weighted by molar-refractivity contribution is 0.187. The lowest BCUT2D eigenvalue weighted by Crippen LogP contribution is -2.33. The average Bonchev–Trinajstić information content (AvgIpc) is 2.21. The Labute approximate surface area is 104 Å². The van der Waals surface area contributed by atoms with Crippen LogP contribution < -0.4 is 5.32 Å². The van der Waals surface area contributed by atoms with Crippen LogP contribution in [-0.2, 0) is 6.42 Å². The first-order valence-corrected chi connectivity index (χ1v) is 6.13. The van der Waals surface area contributed by atoms with Crippen molar-refractivity contribution in [1.82, 2.24) is 5.32 Å². The number of rotatable bonds is 5. The number of aliphatic hydroxyl groups excluding tert-OH is 1. The van der Waals surface area contributed by atoms with E-state index in [1.807, 2.05) is 13.0 Å². The van der Waals surface area contributed by atoms with Crippen molar-refractivity contribution in [1.29, 1.82) is 0 Å². The van der Waals surface area contributed by atoms with E-state index in [9.17, 15) is 4.39 Å². The van der Waals surface area contributed by atoms with Gasteiger partial charge in [0.2, 0.25) is 0 Å². The summed E-state index contributed by atoms with van der Waals surface area (Å²) >= 11 is 3.12. The van der Waals surface area contributed by atoms with E-state index in [4.69, 9.17) is 5.11 Å². The van der Waals surface area contributed by atoms with Crippen molar-refractivity contribution in [3.8, 4) is 0 Å². The Hall–Kier alpha value is -0.450. The molecular weight excluding hydrogens is 273 g/mol. The van der Waals surface area contributed by atoms with E-state index in [1.54, 1.807) is 13.0 Å². The second kappa shape index (κ2) is 6.33. The minimum absolute atomic E-state index is 0.218. The van der Waals surface area contributed by atoms with Crippen LogP contribution in [0.25, 0.3) is 0 Å². The van der Waals surface area contributed by atoms with Crippen molar-refractivity contribution < 1.29 is 9.50 Å². The van der Waals surface area contributed by atoms with Crippen LogP contribution in [0.15, 0.2) is 22.7 Å². The van der Waals surface area contributed by atoms with E-state index in [2.05, 4.69) is 21.2 Å². The molecule has 16 heavy (non-hydrogen) atoms. The van der Waals surface area contributed by atoms with Crippen LogP contribution in [0.1, 0.15) is 19.4 Å². The first kappa shape index (κ1) is 13.6. The quantitative estimate of drug-likeness (QED) is 0.873. The molecule has 0 aliphatic heterocycles. The van der Waals surface area contributed by atoms with Gasteiger partial charge in [-0.25, -0.2) is 4.39 Å². The van der Waals surface area contributed by atoms with Crippen molar-refractivity contribution in [2.45, 2.75) is 32.4 Å². The predicted molar refractivity (Wildman–Crippen MR) is 66.9 cm³/mol. The number of hydrogen-bond acceptors (Lipinski definition) is 2. The highest BCUT2D eigenvalue weighted by Gasteiger charge is 2.06. The Kier molecular flexibility index (Phi) is 5.38. The zero-order valence-corrected chi connectivity index (χ0v) is 11.1. The largest absolute Gasteiger partial charge is 0.392 e. The molecule has 0 fully saturated rings. The number of nitrogens with one attached hydrogen (secondary N) is 1. The summed E-state index contributed by atoms with van der Waals surface area (Å²) in [5.41, 5.74) is 0.950. The molecule has 0 bridgehead atoms. The van der Waals surface area contributed by atoms with Crippen LogP contribution in [0.4, 0.5) is 4.39 Å². The van der Waals surface area contributed by atoms with Crippen LogP contribution in [0, 0.1) is 5.82 Å². The number of aliphatic hydroxyl groups is 1. The third kappa shape index (κ3) is 4.60. The van der Waals surface area contributed by atoms with E-state index in [1.165, 1.54) is 6.07 Å². The molecule has 0 radical (unpaired) electrons. The Morgan fingerprint density at radius 1 is 1.44 bits per heavy atom. The number of halogens is 2. The maximum absolute atomic E-state index is 13.2. The molecule has 0 aliphatic carbocycles. The molecule has 0 aliphatic rings. The van der Waals surface area contributed by atoms with Crippen molar-refractivity contribution in [3.05, 3.63) is 34.1 Å². The van der Waals surface area contributed by atoms with Gasteiger partial charge in [0.1, 0.15) is 5.82 Å². The Bertz CT molecular complexity index is 344. The summed E-state index contributed by atoms with van der Waals surface area (Å²) in [4.78, 5) is 0. The summed E-state index contributed by atoms with van der Waals surface area (Å²) in [5.74, 6) is -0.236.